The fourth-order valence-electron chi connectivity index (χ4n) is 3.11. The number of benzene rings is 1. The van der Waals surface area contributed by atoms with Crippen molar-refractivity contribution in [2.24, 2.45) is 0 Å². The van der Waals surface area contributed by atoms with E-state index in [1.165, 1.54) is 18.2 Å². The van der Waals surface area contributed by atoms with Crippen LogP contribution in [-0.4, -0.2) is 28.1 Å². The van der Waals surface area contributed by atoms with E-state index >= 15 is 0 Å². The van der Waals surface area contributed by atoms with E-state index < -0.39 is 0 Å². The Morgan fingerprint density at radius 3 is 2.95 bits per heavy atom. The lowest BCUT2D eigenvalue weighted by molar-refractivity contribution is -0.140. The normalized spacial score (nSPS) is 15.5. The Hall–Kier alpha value is -2.17. The number of carbonyl (C=O) groups excluding carboxylic acids is 1. The van der Waals surface area contributed by atoms with Crippen LogP contribution in [0.4, 0.5) is 0 Å². The summed E-state index contributed by atoms with van der Waals surface area (Å²) in [4.78, 5) is 11.5. The van der Waals surface area contributed by atoms with Crippen LogP contribution in [0.5, 0.6) is 0 Å². The molecule has 1 aliphatic heterocycles. The van der Waals surface area contributed by atoms with Crippen LogP contribution in [0.25, 0.3) is 11.3 Å². The minimum absolute atomic E-state index is 0.0770. The molecule has 2 heterocycles. The third kappa shape index (κ3) is 2.51. The summed E-state index contributed by atoms with van der Waals surface area (Å²) in [7, 11) is 1.43. The van der Waals surface area contributed by atoms with Gasteiger partial charge in [-0.3, -0.25) is 4.79 Å². The number of esters is 1. The van der Waals surface area contributed by atoms with Crippen LogP contribution in [0.1, 0.15) is 49.9 Å². The summed E-state index contributed by atoms with van der Waals surface area (Å²) in [6.45, 7) is 2.18. The monoisotopic (exact) mass is 299 g/mol. The molecule has 3 rings (SSSR count). The molecule has 0 aliphatic carbocycles. The molecule has 0 fully saturated rings. The number of hydrogen-bond donors (Lipinski definition) is 0. The van der Waals surface area contributed by atoms with Gasteiger partial charge < -0.3 is 4.74 Å². The van der Waals surface area contributed by atoms with Gasteiger partial charge in [0.15, 0.2) is 0 Å². The number of ether oxygens (including phenoxy) is 1. The van der Waals surface area contributed by atoms with Gasteiger partial charge in [0, 0.05) is 12.0 Å². The van der Waals surface area contributed by atoms with E-state index in [4.69, 9.17) is 4.74 Å². The maximum absolute atomic E-state index is 11.5. The van der Waals surface area contributed by atoms with E-state index in [0.29, 0.717) is 12.8 Å². The van der Waals surface area contributed by atoms with Crippen molar-refractivity contribution in [3.05, 3.63) is 35.5 Å². The highest BCUT2D eigenvalue weighted by atomic mass is 16.5. The average molecular weight is 299 g/mol. The zero-order chi connectivity index (χ0) is 15.5. The van der Waals surface area contributed by atoms with Crippen LogP contribution >= 0.6 is 0 Å². The fraction of sp³-hybridized carbons (Fsp3) is 0.471. The van der Waals surface area contributed by atoms with Gasteiger partial charge in [-0.05, 0) is 24.8 Å². The number of carbonyl (C=O) groups is 1. The van der Waals surface area contributed by atoms with Gasteiger partial charge >= 0.3 is 5.97 Å². The highest BCUT2D eigenvalue weighted by Gasteiger charge is 2.32. The third-order valence-electron chi connectivity index (χ3n) is 4.25. The quantitative estimate of drug-likeness (QED) is 0.769. The van der Waals surface area contributed by atoms with Crippen LogP contribution in [0, 0.1) is 0 Å². The van der Waals surface area contributed by atoms with Gasteiger partial charge in [0.2, 0.25) is 0 Å². The second kappa shape index (κ2) is 6.30. The first kappa shape index (κ1) is 14.8. The molecule has 2 aromatic rings. The molecule has 5 heteroatoms. The first-order valence-electron chi connectivity index (χ1n) is 7.86. The Morgan fingerprint density at radius 1 is 1.36 bits per heavy atom. The van der Waals surface area contributed by atoms with Crippen molar-refractivity contribution in [2.75, 3.05) is 7.11 Å². The zero-order valence-corrected chi connectivity index (χ0v) is 13.1. The number of aromatic nitrogens is 3. The van der Waals surface area contributed by atoms with Crippen molar-refractivity contribution in [1.82, 2.24) is 15.0 Å². The highest BCUT2D eigenvalue weighted by molar-refractivity contribution is 5.72. The first-order valence-corrected chi connectivity index (χ1v) is 7.86. The topological polar surface area (TPSA) is 57.0 Å². The van der Waals surface area contributed by atoms with Gasteiger partial charge in [0.05, 0.1) is 24.5 Å². The maximum atomic E-state index is 11.5. The van der Waals surface area contributed by atoms with Crippen molar-refractivity contribution >= 4 is 5.97 Å². The minimum Gasteiger partial charge on any atom is -0.469 e. The summed E-state index contributed by atoms with van der Waals surface area (Å²) in [6.07, 6.45) is 4.27. The smallest absolute Gasteiger partial charge is 0.305 e. The number of fused-ring (bicyclic) bond motifs is 3. The molecule has 1 aliphatic rings. The first-order chi connectivity index (χ1) is 10.8. The molecule has 0 bridgehead atoms. The lowest BCUT2D eigenvalue weighted by Crippen LogP contribution is -2.11. The molecule has 22 heavy (non-hydrogen) atoms. The van der Waals surface area contributed by atoms with Crippen molar-refractivity contribution in [1.29, 1.82) is 0 Å². The molecule has 1 aromatic carbocycles. The predicted octanol–water partition coefficient (Wildman–Crippen LogP) is 3.14. The lowest BCUT2D eigenvalue weighted by Gasteiger charge is -2.12. The van der Waals surface area contributed by atoms with E-state index in [2.05, 4.69) is 29.4 Å². The standard InChI is InChI=1S/C17H21N3O2/c1-3-4-9-14-17-13-8-6-5-7-12(13)15(20(17)19-18-14)10-11-16(21)22-2/h5-8,15H,3-4,9-11H2,1-2H3. The number of methoxy groups -OCH3 is 1. The second-order valence-corrected chi connectivity index (χ2v) is 5.65. The Kier molecular flexibility index (Phi) is 4.22. The van der Waals surface area contributed by atoms with E-state index in [1.807, 2.05) is 16.8 Å². The highest BCUT2D eigenvalue weighted by Crippen LogP contribution is 2.42. The van der Waals surface area contributed by atoms with Gasteiger partial charge in [-0.15, -0.1) is 5.10 Å². The molecule has 0 N–H and O–H groups in total. The van der Waals surface area contributed by atoms with Crippen LogP contribution in [0.2, 0.25) is 0 Å². The van der Waals surface area contributed by atoms with Crippen molar-refractivity contribution in [3.8, 4) is 11.3 Å². The molecule has 0 spiro atoms. The zero-order valence-electron chi connectivity index (χ0n) is 13.1. The lowest BCUT2D eigenvalue weighted by atomic mass is 9.99. The number of rotatable bonds is 6. The molecule has 0 saturated carbocycles. The summed E-state index contributed by atoms with van der Waals surface area (Å²) in [5.41, 5.74) is 4.62. The second-order valence-electron chi connectivity index (χ2n) is 5.65. The van der Waals surface area contributed by atoms with E-state index in [0.717, 1.165) is 30.7 Å². The minimum atomic E-state index is -0.183. The Bertz CT molecular complexity index is 678. The third-order valence-corrected chi connectivity index (χ3v) is 4.25. The number of hydrogen-bond acceptors (Lipinski definition) is 4. The van der Waals surface area contributed by atoms with Gasteiger partial charge in [-0.25, -0.2) is 4.68 Å². The Balaban J connectivity index is 1.94. The Labute approximate surface area is 130 Å². The van der Waals surface area contributed by atoms with Crippen LogP contribution in [-0.2, 0) is 16.0 Å². The molecule has 5 nitrogen and oxygen atoms in total. The number of unbranched alkanes of at least 4 members (excludes halogenated alkanes) is 1. The van der Waals surface area contributed by atoms with Gasteiger partial charge in [0.1, 0.15) is 0 Å². The summed E-state index contributed by atoms with van der Waals surface area (Å²) in [5, 5.41) is 8.73. The summed E-state index contributed by atoms with van der Waals surface area (Å²) in [6, 6.07) is 8.40. The molecule has 0 saturated heterocycles. The maximum Gasteiger partial charge on any atom is 0.305 e. The largest absolute Gasteiger partial charge is 0.469 e. The molecular formula is C17H21N3O2. The number of aryl methyl sites for hydroxylation is 1. The van der Waals surface area contributed by atoms with Crippen LogP contribution in [0.3, 0.4) is 0 Å². The van der Waals surface area contributed by atoms with Gasteiger partial charge in [0.25, 0.3) is 0 Å². The van der Waals surface area contributed by atoms with Crippen molar-refractivity contribution in [2.45, 2.75) is 45.1 Å². The molecule has 1 aromatic heterocycles. The number of nitrogens with zero attached hydrogens (tertiary/aromatic N) is 3. The molecule has 1 unspecified atom stereocenters. The van der Waals surface area contributed by atoms with Crippen LogP contribution < -0.4 is 0 Å². The summed E-state index contributed by atoms with van der Waals surface area (Å²) >= 11 is 0. The van der Waals surface area contributed by atoms with E-state index in [-0.39, 0.29) is 12.0 Å². The molecule has 116 valence electrons. The van der Waals surface area contributed by atoms with Crippen LogP contribution in [0.15, 0.2) is 24.3 Å². The average Bonchev–Trinajstić information content (AvgIpc) is 3.09. The SMILES string of the molecule is CCCCc1nnn2c1-c1ccccc1C2CCC(=O)OC. The molecular weight excluding hydrogens is 278 g/mol. The van der Waals surface area contributed by atoms with Crippen molar-refractivity contribution < 1.29 is 9.53 Å². The predicted molar refractivity (Wildman–Crippen MR) is 83.5 cm³/mol. The summed E-state index contributed by atoms with van der Waals surface area (Å²) < 4.78 is 6.74. The van der Waals surface area contributed by atoms with Crippen molar-refractivity contribution in [3.63, 3.8) is 0 Å². The van der Waals surface area contributed by atoms with Gasteiger partial charge in [-0.2, -0.15) is 0 Å². The fourth-order valence-corrected chi connectivity index (χ4v) is 3.11. The van der Waals surface area contributed by atoms with Gasteiger partial charge in [-0.1, -0.05) is 42.8 Å². The van der Waals surface area contributed by atoms with E-state index in [1.54, 1.807) is 0 Å². The molecule has 0 amide bonds. The van der Waals surface area contributed by atoms with E-state index in [9.17, 15) is 4.79 Å². The summed E-state index contributed by atoms with van der Waals surface area (Å²) in [5.74, 6) is -0.183. The molecule has 0 radical (unpaired) electrons. The Morgan fingerprint density at radius 2 is 2.18 bits per heavy atom. The molecule has 1 atom stereocenters.